The van der Waals surface area contributed by atoms with Crippen LogP contribution in [0.3, 0.4) is 0 Å². The van der Waals surface area contributed by atoms with Crippen LogP contribution < -0.4 is 5.32 Å². The van der Waals surface area contributed by atoms with Crippen molar-refractivity contribution in [2.75, 3.05) is 6.61 Å². The van der Waals surface area contributed by atoms with Gasteiger partial charge in [-0.05, 0) is 25.5 Å². The number of carbonyl (C=O) groups is 1. The number of para-hydroxylation sites is 1. The number of carbonyl (C=O) groups excluding carboxylic acids is 1. The Morgan fingerprint density at radius 2 is 2.25 bits per heavy atom. The monoisotopic (exact) mass is 294 g/mol. The van der Waals surface area contributed by atoms with Crippen molar-refractivity contribution in [2.24, 2.45) is 0 Å². The normalized spacial score (nSPS) is 12.2. The molecule has 1 aromatic heterocycles. The maximum atomic E-state index is 11.9. The number of hydrogen-bond acceptors (Lipinski definition) is 4. The number of rotatable bonds is 5. The van der Waals surface area contributed by atoms with Crippen LogP contribution in [0.15, 0.2) is 30.5 Å². The molecule has 0 saturated heterocycles. The lowest BCUT2D eigenvalue weighted by Gasteiger charge is -2.10. The highest BCUT2D eigenvalue weighted by Gasteiger charge is 2.14. The molecular weight excluding hydrogens is 280 g/mol. The molecule has 20 heavy (non-hydrogen) atoms. The lowest BCUT2D eigenvalue weighted by molar-refractivity contribution is 0.0929. The van der Waals surface area contributed by atoms with E-state index in [4.69, 9.17) is 16.7 Å². The molecule has 1 aromatic carbocycles. The zero-order valence-electron chi connectivity index (χ0n) is 11.0. The fourth-order valence-electron chi connectivity index (χ4n) is 1.69. The molecule has 7 heteroatoms. The van der Waals surface area contributed by atoms with Gasteiger partial charge in [0, 0.05) is 12.6 Å². The summed E-state index contributed by atoms with van der Waals surface area (Å²) in [4.78, 5) is 11.9. The Bertz CT molecular complexity index is 600. The third kappa shape index (κ3) is 3.34. The van der Waals surface area contributed by atoms with Gasteiger partial charge in [-0.1, -0.05) is 28.9 Å². The third-order valence-corrected chi connectivity index (χ3v) is 3.08. The highest BCUT2D eigenvalue weighted by atomic mass is 35.5. The topological polar surface area (TPSA) is 80.0 Å². The molecule has 0 radical (unpaired) electrons. The van der Waals surface area contributed by atoms with Crippen molar-refractivity contribution in [2.45, 2.75) is 19.4 Å². The first-order valence-corrected chi connectivity index (χ1v) is 6.58. The smallest absolute Gasteiger partial charge is 0.273 e. The van der Waals surface area contributed by atoms with Crippen LogP contribution in [0.2, 0.25) is 5.02 Å². The molecule has 2 N–H and O–H groups in total. The molecule has 0 aliphatic rings. The van der Waals surface area contributed by atoms with Crippen molar-refractivity contribution in [1.82, 2.24) is 20.3 Å². The zero-order valence-corrected chi connectivity index (χ0v) is 11.7. The van der Waals surface area contributed by atoms with Crippen LogP contribution in [-0.2, 0) is 0 Å². The van der Waals surface area contributed by atoms with Crippen molar-refractivity contribution in [3.8, 4) is 5.69 Å². The van der Waals surface area contributed by atoms with Crippen LogP contribution in [0, 0.1) is 0 Å². The molecule has 0 bridgehead atoms. The van der Waals surface area contributed by atoms with Crippen LogP contribution in [0.4, 0.5) is 0 Å². The van der Waals surface area contributed by atoms with Gasteiger partial charge >= 0.3 is 0 Å². The third-order valence-electron chi connectivity index (χ3n) is 2.76. The van der Waals surface area contributed by atoms with E-state index < -0.39 is 0 Å². The molecule has 1 unspecified atom stereocenters. The Balaban J connectivity index is 2.13. The number of halogens is 1. The largest absolute Gasteiger partial charge is 0.396 e. The summed E-state index contributed by atoms with van der Waals surface area (Å²) in [7, 11) is 0. The summed E-state index contributed by atoms with van der Waals surface area (Å²) < 4.78 is 1.45. The van der Waals surface area contributed by atoms with E-state index in [1.807, 2.05) is 19.1 Å². The maximum absolute atomic E-state index is 11.9. The molecular formula is C13H15ClN4O2. The average molecular weight is 295 g/mol. The van der Waals surface area contributed by atoms with E-state index >= 15 is 0 Å². The maximum Gasteiger partial charge on any atom is 0.273 e. The SMILES string of the molecule is CC(CCO)NC(=O)c1cn(-c2ccccc2Cl)nn1. The summed E-state index contributed by atoms with van der Waals surface area (Å²) >= 11 is 6.06. The lowest BCUT2D eigenvalue weighted by Crippen LogP contribution is -2.33. The van der Waals surface area contributed by atoms with E-state index in [2.05, 4.69) is 15.6 Å². The first-order chi connectivity index (χ1) is 9.61. The van der Waals surface area contributed by atoms with Gasteiger partial charge in [0.1, 0.15) is 0 Å². The van der Waals surface area contributed by atoms with E-state index in [-0.39, 0.29) is 24.2 Å². The van der Waals surface area contributed by atoms with Gasteiger partial charge in [-0.15, -0.1) is 5.10 Å². The van der Waals surface area contributed by atoms with E-state index in [1.54, 1.807) is 12.1 Å². The van der Waals surface area contributed by atoms with Gasteiger partial charge in [-0.2, -0.15) is 0 Å². The minimum absolute atomic E-state index is 0.0216. The van der Waals surface area contributed by atoms with Gasteiger partial charge in [0.15, 0.2) is 5.69 Å². The Labute approximate surface area is 121 Å². The molecule has 6 nitrogen and oxygen atoms in total. The molecule has 0 fully saturated rings. The van der Waals surface area contributed by atoms with Crippen LogP contribution in [0.5, 0.6) is 0 Å². The molecule has 0 aliphatic carbocycles. The lowest BCUT2D eigenvalue weighted by atomic mass is 10.2. The highest BCUT2D eigenvalue weighted by Crippen LogP contribution is 2.18. The van der Waals surface area contributed by atoms with Gasteiger partial charge in [-0.25, -0.2) is 4.68 Å². The summed E-state index contributed by atoms with van der Waals surface area (Å²) in [5.41, 5.74) is 0.860. The molecule has 106 valence electrons. The van der Waals surface area contributed by atoms with Crippen molar-refractivity contribution in [1.29, 1.82) is 0 Å². The summed E-state index contributed by atoms with van der Waals surface area (Å²) in [5.74, 6) is -0.329. The second kappa shape index (κ2) is 6.49. The molecule has 1 heterocycles. The standard InChI is InChI=1S/C13H15ClN4O2/c1-9(6-7-19)15-13(20)11-8-18(17-16-11)12-5-3-2-4-10(12)14/h2-5,8-9,19H,6-7H2,1H3,(H,15,20). The fraction of sp³-hybridized carbons (Fsp3) is 0.308. The van der Waals surface area contributed by atoms with E-state index in [0.717, 1.165) is 0 Å². The second-order valence-electron chi connectivity index (χ2n) is 4.39. The summed E-state index contributed by atoms with van der Waals surface area (Å²) in [6, 6.07) is 7.03. The first kappa shape index (κ1) is 14.5. The summed E-state index contributed by atoms with van der Waals surface area (Å²) in [5, 5.41) is 19.8. The molecule has 1 amide bonds. The number of nitrogens with zero attached hydrogens (tertiary/aromatic N) is 3. The highest BCUT2D eigenvalue weighted by molar-refractivity contribution is 6.32. The minimum atomic E-state index is -0.329. The van der Waals surface area contributed by atoms with Crippen molar-refractivity contribution in [3.05, 3.63) is 41.2 Å². The van der Waals surface area contributed by atoms with Crippen molar-refractivity contribution < 1.29 is 9.90 Å². The molecule has 0 saturated carbocycles. The average Bonchev–Trinajstić information content (AvgIpc) is 2.89. The van der Waals surface area contributed by atoms with Gasteiger partial charge in [0.2, 0.25) is 0 Å². The van der Waals surface area contributed by atoms with Crippen LogP contribution in [0.1, 0.15) is 23.8 Å². The minimum Gasteiger partial charge on any atom is -0.396 e. The second-order valence-corrected chi connectivity index (χ2v) is 4.79. The number of hydrogen-bond donors (Lipinski definition) is 2. The van der Waals surface area contributed by atoms with Gasteiger partial charge in [-0.3, -0.25) is 4.79 Å². The van der Waals surface area contributed by atoms with Crippen LogP contribution in [0.25, 0.3) is 5.69 Å². The number of aliphatic hydroxyl groups is 1. The molecule has 2 aromatic rings. The Kier molecular flexibility index (Phi) is 4.70. The molecule has 2 rings (SSSR count). The fourth-order valence-corrected chi connectivity index (χ4v) is 1.91. The number of aliphatic hydroxyl groups excluding tert-OH is 1. The molecule has 1 atom stereocenters. The number of benzene rings is 1. The van der Waals surface area contributed by atoms with Gasteiger partial charge < -0.3 is 10.4 Å². The molecule has 0 aliphatic heterocycles. The van der Waals surface area contributed by atoms with Crippen LogP contribution in [-0.4, -0.2) is 38.7 Å². The van der Waals surface area contributed by atoms with E-state index in [1.165, 1.54) is 10.9 Å². The predicted octanol–water partition coefficient (Wildman–Crippen LogP) is 1.42. The van der Waals surface area contributed by atoms with Crippen molar-refractivity contribution in [3.63, 3.8) is 0 Å². The predicted molar refractivity (Wildman–Crippen MR) is 75.0 cm³/mol. The van der Waals surface area contributed by atoms with Gasteiger partial charge in [0.25, 0.3) is 5.91 Å². The quantitative estimate of drug-likeness (QED) is 0.874. The van der Waals surface area contributed by atoms with E-state index in [9.17, 15) is 4.79 Å². The first-order valence-electron chi connectivity index (χ1n) is 6.21. The number of nitrogens with one attached hydrogen (secondary N) is 1. The number of aromatic nitrogens is 3. The van der Waals surface area contributed by atoms with Gasteiger partial charge in [0.05, 0.1) is 16.9 Å². The van der Waals surface area contributed by atoms with E-state index in [0.29, 0.717) is 17.1 Å². The molecule has 0 spiro atoms. The Hall–Kier alpha value is -1.92. The summed E-state index contributed by atoms with van der Waals surface area (Å²) in [6.45, 7) is 1.83. The number of amides is 1. The summed E-state index contributed by atoms with van der Waals surface area (Å²) in [6.07, 6.45) is 2.01. The van der Waals surface area contributed by atoms with Crippen LogP contribution >= 0.6 is 11.6 Å². The Morgan fingerprint density at radius 3 is 2.95 bits per heavy atom. The van der Waals surface area contributed by atoms with Crippen molar-refractivity contribution >= 4 is 17.5 Å². The Morgan fingerprint density at radius 1 is 1.50 bits per heavy atom. The zero-order chi connectivity index (χ0) is 14.5.